The normalized spacial score (nSPS) is 15.5. The third-order valence-electron chi connectivity index (χ3n) is 10.0. The van der Waals surface area contributed by atoms with Gasteiger partial charge >= 0.3 is 0 Å². The van der Waals surface area contributed by atoms with Gasteiger partial charge in [0.05, 0.1) is 26.4 Å². The van der Waals surface area contributed by atoms with Crippen molar-refractivity contribution in [3.63, 3.8) is 0 Å². The largest absolute Gasteiger partial charge is 0.507 e. The minimum Gasteiger partial charge on any atom is -0.507 e. The number of hydrogen-bond donors (Lipinski definition) is 2. The molecule has 0 atom stereocenters. The number of phenols is 2. The molecule has 1 aliphatic carbocycles. The molecule has 2 N–H and O–H groups in total. The molecule has 0 saturated carbocycles. The van der Waals surface area contributed by atoms with E-state index < -0.39 is 0 Å². The molecule has 0 spiro atoms. The first-order valence-electron chi connectivity index (χ1n) is 18.6. The second-order valence-corrected chi connectivity index (χ2v) is 13.6. The van der Waals surface area contributed by atoms with E-state index in [0.717, 1.165) is 66.8 Å². The summed E-state index contributed by atoms with van der Waals surface area (Å²) in [6, 6.07) is 36.1. The molecule has 0 saturated heterocycles. The summed E-state index contributed by atoms with van der Waals surface area (Å²) in [5.41, 5.74) is 6.94. The lowest BCUT2D eigenvalue weighted by atomic mass is 9.91. The van der Waals surface area contributed by atoms with Gasteiger partial charge in [-0.15, -0.1) is 0 Å². The summed E-state index contributed by atoms with van der Waals surface area (Å²) in [7, 11) is 0. The van der Waals surface area contributed by atoms with E-state index in [1.165, 1.54) is 0 Å². The summed E-state index contributed by atoms with van der Waals surface area (Å²) in [5, 5.41) is 25.5. The highest BCUT2D eigenvalue weighted by atomic mass is 16.6. The number of rotatable bonds is 0. The smallest absolute Gasteiger partial charge is 0.161 e. The number of benzene rings is 6. The Morgan fingerprint density at radius 2 is 0.648 bits per heavy atom. The first-order chi connectivity index (χ1) is 26.6. The predicted octanol–water partition coefficient (Wildman–Crippen LogP) is 8.19. The van der Waals surface area contributed by atoms with Crippen LogP contribution in [0.3, 0.4) is 0 Å². The fourth-order valence-corrected chi connectivity index (χ4v) is 7.34. The van der Waals surface area contributed by atoms with Crippen molar-refractivity contribution in [3.8, 4) is 34.5 Å². The summed E-state index contributed by atoms with van der Waals surface area (Å²) in [5.74, 6) is 3.26. The molecule has 0 fully saturated rings. The second-order valence-electron chi connectivity index (χ2n) is 13.6. The fourth-order valence-electron chi connectivity index (χ4n) is 7.34. The number of ether oxygens (including phenoxy) is 6. The van der Waals surface area contributed by atoms with Gasteiger partial charge in [-0.25, -0.2) is 0 Å². The Balaban J connectivity index is 1.15. The van der Waals surface area contributed by atoms with Gasteiger partial charge < -0.3 is 38.6 Å². The van der Waals surface area contributed by atoms with Crippen molar-refractivity contribution in [3.05, 3.63) is 154 Å². The number of phenolic OH excluding ortho intramolecular Hbond substituents is 2. The first-order valence-corrected chi connectivity index (χ1v) is 18.6. The quantitative estimate of drug-likeness (QED) is 0.151. The van der Waals surface area contributed by atoms with E-state index in [9.17, 15) is 10.2 Å². The van der Waals surface area contributed by atoms with Gasteiger partial charge in [-0.3, -0.25) is 0 Å². The zero-order valence-corrected chi connectivity index (χ0v) is 30.2. The van der Waals surface area contributed by atoms with Gasteiger partial charge in [0.1, 0.15) is 49.4 Å². The van der Waals surface area contributed by atoms with Crippen LogP contribution in [0.25, 0.3) is 10.8 Å². The fraction of sp³-hybridized carbons (Fsp3) is 0.261. The zero-order chi connectivity index (χ0) is 36.7. The van der Waals surface area contributed by atoms with Crippen molar-refractivity contribution in [2.75, 3.05) is 52.9 Å². The van der Waals surface area contributed by atoms with Crippen LogP contribution in [0.15, 0.2) is 109 Å². The van der Waals surface area contributed by atoms with Gasteiger partial charge in [-0.1, -0.05) is 97.1 Å². The molecule has 9 rings (SSSR count). The van der Waals surface area contributed by atoms with E-state index in [1.54, 1.807) is 0 Å². The van der Waals surface area contributed by atoms with Crippen LogP contribution in [0.5, 0.6) is 34.5 Å². The minimum absolute atomic E-state index is 0.256. The standard InChI is InChI=1S/C46H44O8/c47-43-33-9-3-11-35(43)27-39-15-6-16-40-28-36-12-4-10-34(44(36)48)26-38-14-5-13-37(25-33)45(38)53-23-19-49-17-21-51-41-29-31-7-1-2-8-32(31)30-42(41)52-22-18-50-20-24-54-46(39)40/h1-16,29-30,47-48H,17-28H2. The highest BCUT2D eigenvalue weighted by Crippen LogP contribution is 2.38. The highest BCUT2D eigenvalue weighted by molar-refractivity contribution is 5.86. The maximum atomic E-state index is 11.7. The van der Waals surface area contributed by atoms with E-state index in [1.807, 2.05) is 97.1 Å². The maximum absolute atomic E-state index is 11.7. The molecule has 54 heavy (non-hydrogen) atoms. The van der Waals surface area contributed by atoms with E-state index in [0.29, 0.717) is 90.0 Å². The predicted molar refractivity (Wildman–Crippen MR) is 208 cm³/mol. The van der Waals surface area contributed by atoms with Crippen molar-refractivity contribution in [2.24, 2.45) is 0 Å². The van der Waals surface area contributed by atoms with E-state index in [2.05, 4.69) is 12.1 Å². The van der Waals surface area contributed by atoms with Gasteiger partial charge in [0, 0.05) is 25.7 Å². The Morgan fingerprint density at radius 3 is 1.00 bits per heavy atom. The SMILES string of the molecule is Oc1c2cccc1Cc1cccc3c1OCCOCCOc1cc4ccccc4cc1OCCOCCOc1c(cccc1Cc1cccc(c1O)C3)C2. The summed E-state index contributed by atoms with van der Waals surface area (Å²) in [6.45, 7) is 2.69. The molecule has 8 heteroatoms. The number of hydrogen-bond acceptors (Lipinski definition) is 8. The molecule has 6 aromatic carbocycles. The summed E-state index contributed by atoms with van der Waals surface area (Å²) in [6.07, 6.45) is 1.84. The monoisotopic (exact) mass is 724 g/mol. The van der Waals surface area contributed by atoms with Gasteiger partial charge in [0.25, 0.3) is 0 Å². The molecule has 2 aliphatic heterocycles. The lowest BCUT2D eigenvalue weighted by molar-refractivity contribution is 0.0696. The number of para-hydroxylation sites is 4. The Kier molecular flexibility index (Phi) is 10.8. The van der Waals surface area contributed by atoms with Crippen LogP contribution in [0.4, 0.5) is 0 Å². The van der Waals surface area contributed by atoms with Crippen LogP contribution in [0.2, 0.25) is 0 Å². The van der Waals surface area contributed by atoms with Crippen LogP contribution in [-0.2, 0) is 35.2 Å². The Hall–Kier alpha value is -5.70. The molecular formula is C46H44O8. The van der Waals surface area contributed by atoms with Crippen LogP contribution < -0.4 is 18.9 Å². The molecule has 2 heterocycles. The summed E-state index contributed by atoms with van der Waals surface area (Å²) in [4.78, 5) is 0. The average molecular weight is 725 g/mol. The molecule has 8 nitrogen and oxygen atoms in total. The van der Waals surface area contributed by atoms with Crippen LogP contribution in [-0.4, -0.2) is 63.1 Å². The Bertz CT molecular complexity index is 2000. The van der Waals surface area contributed by atoms with Crippen LogP contribution in [0.1, 0.15) is 44.5 Å². The molecule has 276 valence electrons. The van der Waals surface area contributed by atoms with Crippen molar-refractivity contribution in [1.82, 2.24) is 0 Å². The number of aromatic hydroxyl groups is 2. The molecule has 10 bridgehead atoms. The number of fused-ring (bicyclic) bond motifs is 13. The third kappa shape index (κ3) is 7.95. The minimum atomic E-state index is 0.256. The van der Waals surface area contributed by atoms with Crippen LogP contribution >= 0.6 is 0 Å². The third-order valence-corrected chi connectivity index (χ3v) is 10.0. The average Bonchev–Trinajstić information content (AvgIpc) is 3.18. The highest BCUT2D eigenvalue weighted by Gasteiger charge is 2.20. The molecule has 6 aromatic rings. The van der Waals surface area contributed by atoms with Gasteiger partial charge in [-0.05, 0) is 67.4 Å². The topological polar surface area (TPSA) is 95.8 Å². The lowest BCUT2D eigenvalue weighted by Gasteiger charge is -2.20. The molecule has 0 amide bonds. The van der Waals surface area contributed by atoms with Gasteiger partial charge in [-0.2, -0.15) is 0 Å². The second kappa shape index (κ2) is 16.5. The first kappa shape index (κ1) is 35.3. The maximum Gasteiger partial charge on any atom is 0.161 e. The van der Waals surface area contributed by atoms with Gasteiger partial charge in [0.15, 0.2) is 11.5 Å². The molecule has 0 unspecified atom stereocenters. The molecule has 3 aliphatic rings. The van der Waals surface area contributed by atoms with Crippen molar-refractivity contribution in [2.45, 2.75) is 25.7 Å². The Labute approximate surface area is 315 Å². The van der Waals surface area contributed by atoms with Gasteiger partial charge in [0.2, 0.25) is 0 Å². The van der Waals surface area contributed by atoms with Crippen molar-refractivity contribution >= 4 is 10.8 Å². The van der Waals surface area contributed by atoms with E-state index >= 15 is 0 Å². The van der Waals surface area contributed by atoms with E-state index in [-0.39, 0.29) is 11.5 Å². The zero-order valence-electron chi connectivity index (χ0n) is 30.2. The van der Waals surface area contributed by atoms with Crippen molar-refractivity contribution < 1.29 is 38.6 Å². The summed E-state index contributed by atoms with van der Waals surface area (Å²) >= 11 is 0. The lowest BCUT2D eigenvalue weighted by Crippen LogP contribution is -2.14. The molecule has 0 aromatic heterocycles. The molecule has 0 radical (unpaired) electrons. The van der Waals surface area contributed by atoms with E-state index in [4.69, 9.17) is 28.4 Å². The Morgan fingerprint density at radius 1 is 0.333 bits per heavy atom. The van der Waals surface area contributed by atoms with Crippen LogP contribution in [0, 0.1) is 0 Å². The summed E-state index contributed by atoms with van der Waals surface area (Å²) < 4.78 is 37.4. The van der Waals surface area contributed by atoms with Crippen molar-refractivity contribution in [1.29, 1.82) is 0 Å². The molecular weight excluding hydrogens is 680 g/mol.